The Balaban J connectivity index is 1.78. The van der Waals surface area contributed by atoms with Gasteiger partial charge in [0.05, 0.1) is 6.04 Å². The van der Waals surface area contributed by atoms with Crippen molar-refractivity contribution in [3.8, 4) is 0 Å². The highest BCUT2D eigenvalue weighted by molar-refractivity contribution is 5.98. The van der Waals surface area contributed by atoms with Crippen LogP contribution in [-0.2, 0) is 11.2 Å². The van der Waals surface area contributed by atoms with Gasteiger partial charge in [0.2, 0.25) is 5.91 Å². The second-order valence-electron chi connectivity index (χ2n) is 6.62. The molecule has 25 heavy (non-hydrogen) atoms. The van der Waals surface area contributed by atoms with E-state index in [1.807, 2.05) is 56.6 Å². The summed E-state index contributed by atoms with van der Waals surface area (Å²) in [4.78, 5) is 26.3. The zero-order valence-electron chi connectivity index (χ0n) is 14.6. The maximum Gasteiger partial charge on any atom is 0.251 e. The van der Waals surface area contributed by atoms with Gasteiger partial charge >= 0.3 is 0 Å². The van der Waals surface area contributed by atoms with Gasteiger partial charge in [-0.3, -0.25) is 9.59 Å². The largest absolute Gasteiger partial charge is 0.344 e. The van der Waals surface area contributed by atoms with Crippen LogP contribution in [0.2, 0.25) is 0 Å². The summed E-state index contributed by atoms with van der Waals surface area (Å²) in [6, 6.07) is 15.3. The Morgan fingerprint density at radius 3 is 2.64 bits per heavy atom. The van der Waals surface area contributed by atoms with Crippen LogP contribution < -0.4 is 10.6 Å². The maximum atomic E-state index is 12.7. The van der Waals surface area contributed by atoms with Crippen molar-refractivity contribution in [2.75, 3.05) is 26.0 Å². The highest BCUT2D eigenvalue weighted by atomic mass is 16.2. The Hall–Kier alpha value is -2.66. The van der Waals surface area contributed by atoms with Gasteiger partial charge in [0, 0.05) is 24.2 Å². The summed E-state index contributed by atoms with van der Waals surface area (Å²) in [5, 5.41) is 5.97. The topological polar surface area (TPSA) is 61.4 Å². The third kappa shape index (κ3) is 4.25. The molecule has 5 heteroatoms. The molecule has 0 bridgehead atoms. The molecular weight excluding hydrogens is 314 g/mol. The molecular formula is C20H23N3O2. The third-order valence-corrected chi connectivity index (χ3v) is 4.32. The number of anilines is 1. The van der Waals surface area contributed by atoms with Crippen molar-refractivity contribution in [2.45, 2.75) is 18.9 Å². The molecule has 3 rings (SSSR count). The first-order chi connectivity index (χ1) is 12.0. The minimum atomic E-state index is -0.101. The molecule has 0 fully saturated rings. The van der Waals surface area contributed by atoms with Crippen LogP contribution in [0, 0.1) is 0 Å². The summed E-state index contributed by atoms with van der Waals surface area (Å²) in [6.45, 7) is 0.719. The fourth-order valence-electron chi connectivity index (χ4n) is 3.05. The van der Waals surface area contributed by atoms with Gasteiger partial charge in [0.1, 0.15) is 0 Å². The summed E-state index contributed by atoms with van der Waals surface area (Å²) in [6.07, 6.45) is 1.13. The van der Waals surface area contributed by atoms with Crippen LogP contribution in [0.4, 0.5) is 5.69 Å². The van der Waals surface area contributed by atoms with E-state index in [-0.39, 0.29) is 17.9 Å². The minimum absolute atomic E-state index is 0.0276. The van der Waals surface area contributed by atoms with Crippen molar-refractivity contribution >= 4 is 17.5 Å². The molecule has 0 saturated heterocycles. The van der Waals surface area contributed by atoms with Crippen LogP contribution in [0.1, 0.15) is 33.9 Å². The Bertz CT molecular complexity index is 772. The number of benzene rings is 2. The summed E-state index contributed by atoms with van der Waals surface area (Å²) < 4.78 is 0. The first-order valence-electron chi connectivity index (χ1n) is 8.46. The predicted octanol–water partition coefficient (Wildman–Crippen LogP) is 2.60. The number of likely N-dealkylation sites (N-methyl/N-ethyl adjacent to an activating group) is 1. The van der Waals surface area contributed by atoms with Crippen molar-refractivity contribution in [1.82, 2.24) is 10.2 Å². The number of amides is 2. The van der Waals surface area contributed by atoms with E-state index in [1.54, 1.807) is 6.07 Å². The van der Waals surface area contributed by atoms with Gasteiger partial charge in [-0.15, -0.1) is 0 Å². The molecule has 1 heterocycles. The van der Waals surface area contributed by atoms with E-state index in [2.05, 4.69) is 15.5 Å². The second-order valence-corrected chi connectivity index (χ2v) is 6.62. The monoisotopic (exact) mass is 337 g/mol. The molecule has 5 nitrogen and oxygen atoms in total. The Morgan fingerprint density at radius 1 is 1.16 bits per heavy atom. The van der Waals surface area contributed by atoms with Crippen LogP contribution in [0.15, 0.2) is 48.5 Å². The molecule has 0 unspecified atom stereocenters. The van der Waals surface area contributed by atoms with Gasteiger partial charge in [0.25, 0.3) is 5.91 Å². The minimum Gasteiger partial charge on any atom is -0.344 e. The van der Waals surface area contributed by atoms with E-state index in [0.29, 0.717) is 18.4 Å². The molecule has 2 N–H and O–H groups in total. The SMILES string of the molecule is CN(C)C[C@H](NC(=O)c1ccc2c(c1)CCC(=O)N2)c1ccccc1. The predicted molar refractivity (Wildman–Crippen MR) is 98.6 cm³/mol. The van der Waals surface area contributed by atoms with E-state index in [4.69, 9.17) is 0 Å². The maximum absolute atomic E-state index is 12.7. The number of nitrogens with one attached hydrogen (secondary N) is 2. The highest BCUT2D eigenvalue weighted by Gasteiger charge is 2.19. The first-order valence-corrected chi connectivity index (χ1v) is 8.46. The number of hydrogen-bond donors (Lipinski definition) is 2. The Morgan fingerprint density at radius 2 is 1.92 bits per heavy atom. The number of aryl methyl sites for hydroxylation is 1. The van der Waals surface area contributed by atoms with Gasteiger partial charge in [-0.05, 0) is 49.8 Å². The van der Waals surface area contributed by atoms with Gasteiger partial charge in [-0.25, -0.2) is 0 Å². The quantitative estimate of drug-likeness (QED) is 0.882. The third-order valence-electron chi connectivity index (χ3n) is 4.32. The van der Waals surface area contributed by atoms with Gasteiger partial charge in [0.15, 0.2) is 0 Å². The molecule has 0 saturated carbocycles. The average Bonchev–Trinajstić information content (AvgIpc) is 2.61. The number of nitrogens with zero attached hydrogens (tertiary/aromatic N) is 1. The van der Waals surface area contributed by atoms with Gasteiger partial charge < -0.3 is 15.5 Å². The number of hydrogen-bond acceptors (Lipinski definition) is 3. The molecule has 1 aliphatic rings. The molecule has 0 radical (unpaired) electrons. The van der Waals surface area contributed by atoms with E-state index < -0.39 is 0 Å². The van der Waals surface area contributed by atoms with Crippen molar-refractivity contribution in [3.63, 3.8) is 0 Å². The van der Waals surface area contributed by atoms with Gasteiger partial charge in [-0.2, -0.15) is 0 Å². The highest BCUT2D eigenvalue weighted by Crippen LogP contribution is 2.24. The van der Waals surface area contributed by atoms with E-state index in [0.717, 1.165) is 23.4 Å². The molecule has 2 aromatic carbocycles. The smallest absolute Gasteiger partial charge is 0.251 e. The van der Waals surface area contributed by atoms with Crippen LogP contribution in [0.5, 0.6) is 0 Å². The molecule has 0 aromatic heterocycles. The van der Waals surface area contributed by atoms with Crippen molar-refractivity contribution in [3.05, 3.63) is 65.2 Å². The standard InChI is InChI=1S/C20H23N3O2/c1-23(2)13-18(14-6-4-3-5-7-14)22-20(25)16-8-10-17-15(12-16)9-11-19(24)21-17/h3-8,10,12,18H,9,11,13H2,1-2H3,(H,21,24)(H,22,25)/t18-/m0/s1. The van der Waals surface area contributed by atoms with E-state index >= 15 is 0 Å². The normalized spacial score (nSPS) is 14.6. The number of fused-ring (bicyclic) bond motifs is 1. The number of carbonyl (C=O) groups excluding carboxylic acids is 2. The molecule has 1 aliphatic heterocycles. The first kappa shape index (κ1) is 17.2. The van der Waals surface area contributed by atoms with Gasteiger partial charge in [-0.1, -0.05) is 30.3 Å². The second kappa shape index (κ2) is 7.49. The lowest BCUT2D eigenvalue weighted by Crippen LogP contribution is -2.35. The van der Waals surface area contributed by atoms with E-state index in [1.165, 1.54) is 0 Å². The van der Waals surface area contributed by atoms with Crippen LogP contribution in [0.25, 0.3) is 0 Å². The lowest BCUT2D eigenvalue weighted by molar-refractivity contribution is -0.116. The van der Waals surface area contributed by atoms with Crippen LogP contribution in [0.3, 0.4) is 0 Å². The van der Waals surface area contributed by atoms with Crippen molar-refractivity contribution < 1.29 is 9.59 Å². The Labute approximate surface area is 148 Å². The summed E-state index contributed by atoms with van der Waals surface area (Å²) in [5.41, 5.74) is 3.51. The number of rotatable bonds is 5. The van der Waals surface area contributed by atoms with Crippen LogP contribution >= 0.6 is 0 Å². The fraction of sp³-hybridized carbons (Fsp3) is 0.300. The molecule has 2 amide bonds. The molecule has 0 aliphatic carbocycles. The molecule has 1 atom stereocenters. The van der Waals surface area contributed by atoms with Crippen LogP contribution in [-0.4, -0.2) is 37.4 Å². The molecule has 2 aromatic rings. The lowest BCUT2D eigenvalue weighted by Gasteiger charge is -2.23. The number of carbonyl (C=O) groups is 2. The molecule has 130 valence electrons. The lowest BCUT2D eigenvalue weighted by atomic mass is 9.99. The van der Waals surface area contributed by atoms with Crippen molar-refractivity contribution in [2.24, 2.45) is 0 Å². The zero-order chi connectivity index (χ0) is 17.8. The summed E-state index contributed by atoms with van der Waals surface area (Å²) in [5.74, 6) is -0.0739. The molecule has 0 spiro atoms. The zero-order valence-corrected chi connectivity index (χ0v) is 14.6. The fourth-order valence-corrected chi connectivity index (χ4v) is 3.05. The summed E-state index contributed by atoms with van der Waals surface area (Å²) >= 11 is 0. The average molecular weight is 337 g/mol. The van der Waals surface area contributed by atoms with Crippen molar-refractivity contribution in [1.29, 1.82) is 0 Å². The van der Waals surface area contributed by atoms with E-state index in [9.17, 15) is 9.59 Å². The summed E-state index contributed by atoms with van der Waals surface area (Å²) in [7, 11) is 3.98. The Kier molecular flexibility index (Phi) is 5.14.